The van der Waals surface area contributed by atoms with Crippen molar-refractivity contribution in [2.45, 2.75) is 14.4 Å². The Bertz CT molecular complexity index is 293. The van der Waals surface area contributed by atoms with Crippen LogP contribution in [0.15, 0.2) is 24.3 Å². The van der Waals surface area contributed by atoms with Crippen LogP contribution in [0.4, 0.5) is 11.4 Å². The van der Waals surface area contributed by atoms with Gasteiger partial charge in [0.15, 0.2) is 0 Å². The highest BCUT2D eigenvalue weighted by atomic mass is 16.2. The van der Waals surface area contributed by atoms with Crippen LogP contribution in [0, 0.1) is 0 Å². The topological polar surface area (TPSA) is 32.3 Å². The van der Waals surface area contributed by atoms with Crippen molar-refractivity contribution in [3.8, 4) is 0 Å². The Morgan fingerprint density at radius 1 is 1.29 bits per heavy atom. The predicted octanol–water partition coefficient (Wildman–Crippen LogP) is 2.35. The Balaban J connectivity index is 0.00000169. The lowest BCUT2D eigenvalue weighted by Gasteiger charge is -2.14. The van der Waals surface area contributed by atoms with Crippen LogP contribution in [0.25, 0.3) is 0 Å². The molecule has 0 saturated carbocycles. The summed E-state index contributed by atoms with van der Waals surface area (Å²) >= 11 is 0. The predicted molar refractivity (Wildman–Crippen MR) is 61.8 cm³/mol. The van der Waals surface area contributed by atoms with E-state index in [4.69, 9.17) is 0 Å². The van der Waals surface area contributed by atoms with Gasteiger partial charge in [0.25, 0.3) is 0 Å². The molecule has 0 aliphatic carbocycles. The number of nitrogens with zero attached hydrogens (tertiary/aromatic N) is 1. The van der Waals surface area contributed by atoms with Crippen molar-refractivity contribution in [2.75, 3.05) is 24.3 Å². The summed E-state index contributed by atoms with van der Waals surface area (Å²) < 4.78 is 0. The van der Waals surface area contributed by atoms with Gasteiger partial charge in [-0.1, -0.05) is 7.43 Å². The van der Waals surface area contributed by atoms with E-state index in [9.17, 15) is 4.79 Å². The lowest BCUT2D eigenvalue weighted by Crippen LogP contribution is -2.22. The lowest BCUT2D eigenvalue weighted by atomic mass is 10.2. The summed E-state index contributed by atoms with van der Waals surface area (Å²) in [6.45, 7) is 1.55. The third-order valence-electron chi connectivity index (χ3n) is 2.02. The SMILES string of the molecule is C.CNc1ccc(N(C)C(C)=O)cc1. The summed E-state index contributed by atoms with van der Waals surface area (Å²) in [6.07, 6.45) is 0. The summed E-state index contributed by atoms with van der Waals surface area (Å²) in [5.74, 6) is 0.0391. The molecule has 0 radical (unpaired) electrons. The van der Waals surface area contributed by atoms with Gasteiger partial charge in [-0.05, 0) is 24.3 Å². The molecule has 0 spiro atoms. The normalized spacial score (nSPS) is 8.79. The third kappa shape index (κ3) is 2.76. The molecular weight excluding hydrogens is 176 g/mol. The molecule has 1 amide bonds. The summed E-state index contributed by atoms with van der Waals surface area (Å²) in [4.78, 5) is 12.6. The molecule has 14 heavy (non-hydrogen) atoms. The minimum Gasteiger partial charge on any atom is -0.388 e. The summed E-state index contributed by atoms with van der Waals surface area (Å²) in [7, 11) is 3.63. The van der Waals surface area contributed by atoms with Gasteiger partial charge in [-0.2, -0.15) is 0 Å². The second kappa shape index (κ2) is 5.27. The molecular formula is C11H18N2O. The van der Waals surface area contributed by atoms with Crippen LogP contribution in [0.2, 0.25) is 0 Å². The van der Waals surface area contributed by atoms with Crippen LogP contribution in [0.1, 0.15) is 14.4 Å². The molecule has 0 aliphatic rings. The van der Waals surface area contributed by atoms with Gasteiger partial charge in [0.1, 0.15) is 0 Å². The molecule has 0 aromatic heterocycles. The van der Waals surface area contributed by atoms with Gasteiger partial charge in [-0.25, -0.2) is 0 Å². The fourth-order valence-corrected chi connectivity index (χ4v) is 1.03. The smallest absolute Gasteiger partial charge is 0.223 e. The molecule has 0 aliphatic heterocycles. The van der Waals surface area contributed by atoms with Gasteiger partial charge in [0.05, 0.1) is 0 Å². The number of anilines is 2. The Labute approximate surface area is 85.7 Å². The zero-order valence-electron chi connectivity index (χ0n) is 8.16. The van der Waals surface area contributed by atoms with Gasteiger partial charge in [0.2, 0.25) is 5.91 Å². The van der Waals surface area contributed by atoms with Crippen molar-refractivity contribution >= 4 is 17.3 Å². The number of benzene rings is 1. The van der Waals surface area contributed by atoms with E-state index in [1.54, 1.807) is 18.9 Å². The number of hydrogen-bond acceptors (Lipinski definition) is 2. The molecule has 3 nitrogen and oxygen atoms in total. The number of amides is 1. The molecule has 0 unspecified atom stereocenters. The minimum absolute atomic E-state index is 0. The highest BCUT2D eigenvalue weighted by Crippen LogP contribution is 2.16. The van der Waals surface area contributed by atoms with E-state index >= 15 is 0 Å². The number of carbonyl (C=O) groups is 1. The van der Waals surface area contributed by atoms with Crippen molar-refractivity contribution in [1.29, 1.82) is 0 Å². The molecule has 0 saturated heterocycles. The van der Waals surface area contributed by atoms with Crippen LogP contribution in [-0.2, 0) is 4.79 Å². The van der Waals surface area contributed by atoms with Gasteiger partial charge in [-0.3, -0.25) is 4.79 Å². The average molecular weight is 194 g/mol. The standard InChI is InChI=1S/C10H14N2O.CH4/c1-8(13)12(3)10-6-4-9(11-2)5-7-10;/h4-7,11H,1-3H3;1H4. The zero-order chi connectivity index (χ0) is 9.84. The first kappa shape index (κ1) is 12.5. The number of carbonyl (C=O) groups excluding carboxylic acids is 1. The Morgan fingerprint density at radius 2 is 1.79 bits per heavy atom. The maximum atomic E-state index is 11.0. The third-order valence-corrected chi connectivity index (χ3v) is 2.02. The molecule has 1 aromatic carbocycles. The second-order valence-corrected chi connectivity index (χ2v) is 2.87. The molecule has 78 valence electrons. The van der Waals surface area contributed by atoms with Crippen molar-refractivity contribution in [3.05, 3.63) is 24.3 Å². The van der Waals surface area contributed by atoms with Gasteiger partial charge in [-0.15, -0.1) is 0 Å². The first-order chi connectivity index (χ1) is 6.15. The Hall–Kier alpha value is -1.51. The molecule has 0 atom stereocenters. The van der Waals surface area contributed by atoms with Crippen molar-refractivity contribution in [3.63, 3.8) is 0 Å². The zero-order valence-corrected chi connectivity index (χ0v) is 8.16. The molecule has 1 rings (SSSR count). The first-order valence-electron chi connectivity index (χ1n) is 4.17. The number of rotatable bonds is 2. The maximum Gasteiger partial charge on any atom is 0.223 e. The van der Waals surface area contributed by atoms with Gasteiger partial charge in [0, 0.05) is 32.4 Å². The molecule has 1 N–H and O–H groups in total. The van der Waals surface area contributed by atoms with Crippen molar-refractivity contribution < 1.29 is 4.79 Å². The van der Waals surface area contributed by atoms with E-state index in [1.807, 2.05) is 31.3 Å². The average Bonchev–Trinajstić information content (AvgIpc) is 2.17. The van der Waals surface area contributed by atoms with E-state index < -0.39 is 0 Å². The largest absolute Gasteiger partial charge is 0.388 e. The van der Waals surface area contributed by atoms with Gasteiger partial charge < -0.3 is 10.2 Å². The fraction of sp³-hybridized carbons (Fsp3) is 0.364. The Morgan fingerprint density at radius 3 is 2.14 bits per heavy atom. The van der Waals surface area contributed by atoms with Crippen molar-refractivity contribution in [2.24, 2.45) is 0 Å². The fourth-order valence-electron chi connectivity index (χ4n) is 1.03. The van der Waals surface area contributed by atoms with Crippen LogP contribution in [0.5, 0.6) is 0 Å². The quantitative estimate of drug-likeness (QED) is 0.783. The molecule has 0 bridgehead atoms. The van der Waals surface area contributed by atoms with E-state index in [1.165, 1.54) is 0 Å². The van der Waals surface area contributed by atoms with Crippen LogP contribution < -0.4 is 10.2 Å². The van der Waals surface area contributed by atoms with Crippen molar-refractivity contribution in [1.82, 2.24) is 0 Å². The van der Waals surface area contributed by atoms with Crippen LogP contribution in [0.3, 0.4) is 0 Å². The minimum atomic E-state index is 0. The summed E-state index contributed by atoms with van der Waals surface area (Å²) in [5, 5.41) is 3.02. The summed E-state index contributed by atoms with van der Waals surface area (Å²) in [6, 6.07) is 7.70. The van der Waals surface area contributed by atoms with Crippen LogP contribution >= 0.6 is 0 Å². The van der Waals surface area contributed by atoms with Crippen LogP contribution in [-0.4, -0.2) is 20.0 Å². The van der Waals surface area contributed by atoms with E-state index in [2.05, 4.69) is 5.32 Å². The molecule has 1 aromatic rings. The maximum absolute atomic E-state index is 11.0. The molecule has 0 fully saturated rings. The highest BCUT2D eigenvalue weighted by molar-refractivity contribution is 5.90. The lowest BCUT2D eigenvalue weighted by molar-refractivity contribution is -0.116. The second-order valence-electron chi connectivity index (χ2n) is 2.87. The number of hydrogen-bond donors (Lipinski definition) is 1. The number of nitrogens with one attached hydrogen (secondary N) is 1. The van der Waals surface area contributed by atoms with E-state index in [-0.39, 0.29) is 13.3 Å². The molecule has 0 heterocycles. The molecule has 3 heteroatoms. The highest BCUT2D eigenvalue weighted by Gasteiger charge is 2.03. The summed E-state index contributed by atoms with van der Waals surface area (Å²) in [5.41, 5.74) is 1.95. The Kier molecular flexibility index (Phi) is 4.70. The van der Waals surface area contributed by atoms with Gasteiger partial charge >= 0.3 is 0 Å². The first-order valence-corrected chi connectivity index (χ1v) is 4.17. The monoisotopic (exact) mass is 194 g/mol. The van der Waals surface area contributed by atoms with E-state index in [0.29, 0.717) is 0 Å². The van der Waals surface area contributed by atoms with E-state index in [0.717, 1.165) is 11.4 Å².